The van der Waals surface area contributed by atoms with Gasteiger partial charge in [-0.2, -0.15) is 0 Å². The van der Waals surface area contributed by atoms with Gasteiger partial charge in [0, 0.05) is 18.7 Å². The molecule has 3 atom stereocenters. The molecular weight excluding hydrogens is 200 g/mol. The highest BCUT2D eigenvalue weighted by Crippen LogP contribution is 2.28. The molecule has 0 spiro atoms. The van der Waals surface area contributed by atoms with Crippen molar-refractivity contribution in [1.29, 1.82) is 0 Å². The van der Waals surface area contributed by atoms with Crippen molar-refractivity contribution in [2.45, 2.75) is 51.3 Å². The van der Waals surface area contributed by atoms with Crippen LogP contribution < -0.4 is 11.1 Å². The minimum Gasteiger partial charge on any atom is -0.378 e. The Labute approximate surface area is 99.1 Å². The van der Waals surface area contributed by atoms with Crippen molar-refractivity contribution in [2.75, 3.05) is 13.2 Å². The van der Waals surface area contributed by atoms with E-state index in [0.29, 0.717) is 12.5 Å². The molecule has 0 aromatic heterocycles. The molecule has 0 saturated carbocycles. The number of nitrogens with two attached hydrogens (primary N) is 1. The summed E-state index contributed by atoms with van der Waals surface area (Å²) in [5.41, 5.74) is 5.87. The molecule has 1 rings (SSSR count). The molecule has 0 aliphatic carbocycles. The molecule has 1 saturated heterocycles. The molecule has 16 heavy (non-hydrogen) atoms. The van der Waals surface area contributed by atoms with Crippen molar-refractivity contribution in [3.8, 4) is 12.3 Å². The van der Waals surface area contributed by atoms with Gasteiger partial charge in [-0.05, 0) is 25.7 Å². The van der Waals surface area contributed by atoms with Gasteiger partial charge >= 0.3 is 0 Å². The van der Waals surface area contributed by atoms with E-state index >= 15 is 0 Å². The second-order valence-electron chi connectivity index (χ2n) is 5.12. The van der Waals surface area contributed by atoms with E-state index < -0.39 is 0 Å². The average molecular weight is 224 g/mol. The van der Waals surface area contributed by atoms with E-state index in [9.17, 15) is 0 Å². The van der Waals surface area contributed by atoms with Crippen LogP contribution in [-0.2, 0) is 4.74 Å². The van der Waals surface area contributed by atoms with Crippen LogP contribution in [0.5, 0.6) is 0 Å². The third-order valence-corrected chi connectivity index (χ3v) is 3.41. The molecule has 0 amide bonds. The fourth-order valence-electron chi connectivity index (χ4n) is 2.26. The van der Waals surface area contributed by atoms with Crippen LogP contribution in [0.25, 0.3) is 0 Å². The zero-order valence-corrected chi connectivity index (χ0v) is 10.6. The zero-order chi connectivity index (χ0) is 12.2. The monoisotopic (exact) mass is 224 g/mol. The van der Waals surface area contributed by atoms with Gasteiger partial charge in [0.2, 0.25) is 0 Å². The maximum Gasteiger partial charge on any atom is 0.0663 e. The van der Waals surface area contributed by atoms with Crippen molar-refractivity contribution < 1.29 is 4.74 Å². The van der Waals surface area contributed by atoms with Crippen LogP contribution in [0.1, 0.15) is 33.6 Å². The van der Waals surface area contributed by atoms with Crippen molar-refractivity contribution in [1.82, 2.24) is 5.32 Å². The topological polar surface area (TPSA) is 47.3 Å². The molecule has 0 bridgehead atoms. The number of terminal acetylenes is 1. The van der Waals surface area contributed by atoms with Crippen molar-refractivity contribution in [3.63, 3.8) is 0 Å². The van der Waals surface area contributed by atoms with Gasteiger partial charge in [0.15, 0.2) is 0 Å². The summed E-state index contributed by atoms with van der Waals surface area (Å²) in [7, 11) is 0. The molecule has 92 valence electrons. The predicted molar refractivity (Wildman–Crippen MR) is 67.0 cm³/mol. The standard InChI is InChI=1S/C13H24N2O/c1-5-11(4)15-13(9-14)6-7-16-12(8-13)10(2)3/h1,10-12,15H,6-9,14H2,2-4H3. The number of hydrogen-bond donors (Lipinski definition) is 2. The van der Waals surface area contributed by atoms with E-state index in [4.69, 9.17) is 16.9 Å². The summed E-state index contributed by atoms with van der Waals surface area (Å²) in [6, 6.07) is 0.0643. The van der Waals surface area contributed by atoms with Crippen LogP contribution in [0.15, 0.2) is 0 Å². The van der Waals surface area contributed by atoms with Gasteiger partial charge in [-0.3, -0.25) is 5.32 Å². The number of ether oxygens (including phenoxy) is 1. The van der Waals surface area contributed by atoms with Crippen LogP contribution in [-0.4, -0.2) is 30.8 Å². The van der Waals surface area contributed by atoms with Crippen molar-refractivity contribution >= 4 is 0 Å². The largest absolute Gasteiger partial charge is 0.378 e. The molecule has 3 N–H and O–H groups in total. The fourth-order valence-corrected chi connectivity index (χ4v) is 2.26. The van der Waals surface area contributed by atoms with Gasteiger partial charge in [0.25, 0.3) is 0 Å². The lowest BCUT2D eigenvalue weighted by Crippen LogP contribution is -2.59. The summed E-state index contributed by atoms with van der Waals surface area (Å²) >= 11 is 0. The van der Waals surface area contributed by atoms with Gasteiger partial charge in [0.1, 0.15) is 0 Å². The molecule has 1 aliphatic rings. The van der Waals surface area contributed by atoms with Gasteiger partial charge in [-0.1, -0.05) is 19.8 Å². The summed E-state index contributed by atoms with van der Waals surface area (Å²) in [6.45, 7) is 7.75. The highest BCUT2D eigenvalue weighted by Gasteiger charge is 2.37. The second kappa shape index (κ2) is 5.67. The number of rotatable bonds is 4. The first-order valence-electron chi connectivity index (χ1n) is 6.08. The highest BCUT2D eigenvalue weighted by molar-refractivity contribution is 5.04. The second-order valence-corrected chi connectivity index (χ2v) is 5.12. The lowest BCUT2D eigenvalue weighted by Gasteiger charge is -2.43. The summed E-state index contributed by atoms with van der Waals surface area (Å²) in [5.74, 6) is 3.23. The predicted octanol–water partition coefficient (Wildman–Crippen LogP) is 1.13. The molecule has 0 aromatic carbocycles. The fraction of sp³-hybridized carbons (Fsp3) is 0.846. The van der Waals surface area contributed by atoms with Crippen LogP contribution in [0.2, 0.25) is 0 Å². The molecule has 3 heteroatoms. The van der Waals surface area contributed by atoms with E-state index in [0.717, 1.165) is 19.4 Å². The molecule has 0 aromatic rings. The Morgan fingerprint density at radius 2 is 2.25 bits per heavy atom. The highest BCUT2D eigenvalue weighted by atomic mass is 16.5. The summed E-state index contributed by atoms with van der Waals surface area (Å²) in [4.78, 5) is 0. The summed E-state index contributed by atoms with van der Waals surface area (Å²) in [5, 5.41) is 3.48. The van der Waals surface area contributed by atoms with Crippen LogP contribution in [0.4, 0.5) is 0 Å². The Kier molecular flexibility index (Phi) is 4.79. The Morgan fingerprint density at radius 3 is 2.75 bits per heavy atom. The Bertz CT molecular complexity index is 259. The number of hydrogen-bond acceptors (Lipinski definition) is 3. The molecule has 3 unspecified atom stereocenters. The summed E-state index contributed by atoms with van der Waals surface area (Å²) < 4.78 is 5.76. The van der Waals surface area contributed by atoms with E-state index in [1.807, 2.05) is 6.92 Å². The Balaban J connectivity index is 2.68. The lowest BCUT2D eigenvalue weighted by molar-refractivity contribution is -0.0502. The minimum atomic E-state index is -0.0427. The van der Waals surface area contributed by atoms with Crippen LogP contribution in [0.3, 0.4) is 0 Å². The Morgan fingerprint density at radius 1 is 1.56 bits per heavy atom. The van der Waals surface area contributed by atoms with Crippen LogP contribution >= 0.6 is 0 Å². The quantitative estimate of drug-likeness (QED) is 0.704. The smallest absolute Gasteiger partial charge is 0.0663 e. The van der Waals surface area contributed by atoms with E-state index in [-0.39, 0.29) is 17.7 Å². The third-order valence-electron chi connectivity index (χ3n) is 3.41. The van der Waals surface area contributed by atoms with E-state index in [2.05, 4.69) is 25.1 Å². The van der Waals surface area contributed by atoms with E-state index in [1.54, 1.807) is 0 Å². The first-order chi connectivity index (χ1) is 7.53. The first-order valence-corrected chi connectivity index (χ1v) is 6.08. The normalized spacial score (nSPS) is 32.4. The molecule has 0 radical (unpaired) electrons. The lowest BCUT2D eigenvalue weighted by atomic mass is 9.82. The maximum atomic E-state index is 5.92. The van der Waals surface area contributed by atoms with Gasteiger partial charge in [-0.15, -0.1) is 6.42 Å². The van der Waals surface area contributed by atoms with Crippen LogP contribution in [0, 0.1) is 18.3 Å². The first kappa shape index (κ1) is 13.5. The van der Waals surface area contributed by atoms with Gasteiger partial charge in [-0.25, -0.2) is 0 Å². The summed E-state index contributed by atoms with van der Waals surface area (Å²) in [6.07, 6.45) is 7.59. The zero-order valence-electron chi connectivity index (χ0n) is 10.6. The third kappa shape index (κ3) is 3.21. The van der Waals surface area contributed by atoms with E-state index in [1.165, 1.54) is 0 Å². The van der Waals surface area contributed by atoms with Crippen molar-refractivity contribution in [2.24, 2.45) is 11.7 Å². The SMILES string of the molecule is C#CC(C)NC1(CN)CCOC(C(C)C)C1. The molecule has 1 heterocycles. The Hall–Kier alpha value is -0.560. The number of nitrogens with one attached hydrogen (secondary N) is 1. The molecular formula is C13H24N2O. The molecule has 3 nitrogen and oxygen atoms in total. The van der Waals surface area contributed by atoms with Gasteiger partial charge < -0.3 is 10.5 Å². The molecule has 1 fully saturated rings. The minimum absolute atomic E-state index is 0.0427. The maximum absolute atomic E-state index is 5.92. The molecule has 1 aliphatic heterocycles. The average Bonchev–Trinajstić information content (AvgIpc) is 2.29. The van der Waals surface area contributed by atoms with Gasteiger partial charge in [0.05, 0.1) is 12.1 Å². The van der Waals surface area contributed by atoms with Crippen molar-refractivity contribution in [3.05, 3.63) is 0 Å².